The molecule has 0 amide bonds. The molecule has 1 N–H and O–H groups in total. The van der Waals surface area contributed by atoms with Gasteiger partial charge in [-0.2, -0.15) is 0 Å². The van der Waals surface area contributed by atoms with Gasteiger partial charge in [-0.3, -0.25) is 5.43 Å². The van der Waals surface area contributed by atoms with Crippen LogP contribution in [0.5, 0.6) is 0 Å². The Morgan fingerprint density at radius 2 is 2.11 bits per heavy atom. The molecule has 100 valence electrons. The molecule has 0 saturated carbocycles. The highest BCUT2D eigenvalue weighted by Gasteiger charge is 2.09. The highest BCUT2D eigenvalue weighted by atomic mass is 16.7. The summed E-state index contributed by atoms with van der Waals surface area (Å²) in [4.78, 5) is 16.8. The summed E-state index contributed by atoms with van der Waals surface area (Å²) >= 11 is 0. The first-order chi connectivity index (χ1) is 9.29. The van der Waals surface area contributed by atoms with Crippen molar-refractivity contribution in [3.8, 4) is 0 Å². The maximum Gasteiger partial charge on any atom is 0.334 e. The molecular formula is C15H18N2O2. The second kappa shape index (κ2) is 6.64. The summed E-state index contributed by atoms with van der Waals surface area (Å²) in [6, 6.07) is 7.88. The van der Waals surface area contributed by atoms with Crippen molar-refractivity contribution in [3.63, 3.8) is 0 Å². The van der Waals surface area contributed by atoms with Crippen molar-refractivity contribution in [3.05, 3.63) is 47.4 Å². The van der Waals surface area contributed by atoms with Gasteiger partial charge in [0.2, 0.25) is 0 Å². The molecule has 0 saturated heterocycles. The summed E-state index contributed by atoms with van der Waals surface area (Å²) in [5, 5.41) is 3.43. The third-order valence-corrected chi connectivity index (χ3v) is 2.84. The number of hydrazine groups is 1. The number of rotatable bonds is 6. The molecule has 0 aliphatic carbocycles. The summed E-state index contributed by atoms with van der Waals surface area (Å²) in [5.74, 6) is -0.236. The number of nitrogens with one attached hydrogen (secondary N) is 1. The fraction of sp³-hybridized carbons (Fsp3) is 0.267. The van der Waals surface area contributed by atoms with Crippen LogP contribution in [-0.4, -0.2) is 11.1 Å². The van der Waals surface area contributed by atoms with Gasteiger partial charge < -0.3 is 4.84 Å². The van der Waals surface area contributed by atoms with Gasteiger partial charge in [0.1, 0.15) is 0 Å². The molecule has 0 atom stereocenters. The Morgan fingerprint density at radius 3 is 2.89 bits per heavy atom. The van der Waals surface area contributed by atoms with E-state index in [1.54, 1.807) is 12.4 Å². The van der Waals surface area contributed by atoms with Crippen molar-refractivity contribution in [2.24, 2.45) is 0 Å². The van der Waals surface area contributed by atoms with Gasteiger partial charge in [0.25, 0.3) is 0 Å². The number of hydrogen-bond acceptors (Lipinski definition) is 4. The number of hydroxylamine groups is 1. The number of nitrogens with zero attached hydrogens (tertiary/aromatic N) is 1. The van der Waals surface area contributed by atoms with Crippen molar-refractivity contribution in [1.29, 1.82) is 0 Å². The summed E-state index contributed by atoms with van der Waals surface area (Å²) in [7, 11) is 0. The summed E-state index contributed by atoms with van der Waals surface area (Å²) in [6.45, 7) is 3.65. The minimum absolute atomic E-state index is 0.236. The van der Waals surface area contributed by atoms with Gasteiger partial charge in [-0.25, -0.2) is 4.79 Å². The second-order valence-corrected chi connectivity index (χ2v) is 4.36. The van der Waals surface area contributed by atoms with E-state index in [4.69, 9.17) is 4.84 Å². The normalized spacial score (nSPS) is 12.5. The fourth-order valence-electron chi connectivity index (χ4n) is 1.82. The molecule has 1 aromatic rings. The molecule has 0 radical (unpaired) electrons. The second-order valence-electron chi connectivity index (χ2n) is 4.36. The van der Waals surface area contributed by atoms with Crippen LogP contribution < -0.4 is 15.9 Å². The largest absolute Gasteiger partial charge is 0.334 e. The number of unbranched alkanes of at least 4 members (excludes halogenated alkanes) is 2. The molecule has 2 rings (SSSR count). The summed E-state index contributed by atoms with van der Waals surface area (Å²) < 4.78 is 0. The van der Waals surface area contributed by atoms with Crippen molar-refractivity contribution < 1.29 is 9.63 Å². The van der Waals surface area contributed by atoms with Crippen LogP contribution in [0, 0.1) is 0 Å². The third-order valence-electron chi connectivity index (χ3n) is 2.84. The first-order valence-electron chi connectivity index (χ1n) is 6.44. The number of carbonyl (C=O) groups is 1. The van der Waals surface area contributed by atoms with Crippen molar-refractivity contribution in [2.45, 2.75) is 25.7 Å². The highest BCUT2D eigenvalue weighted by molar-refractivity contribution is 5.69. The molecular weight excluding hydrogens is 240 g/mol. The SMILES string of the molecule is C=CCCCCC(=O)ON1C=c2ccccc2=CN1. The van der Waals surface area contributed by atoms with E-state index in [2.05, 4.69) is 12.0 Å². The van der Waals surface area contributed by atoms with Gasteiger partial charge in [-0.1, -0.05) is 30.3 Å². The van der Waals surface area contributed by atoms with E-state index in [-0.39, 0.29) is 5.97 Å². The highest BCUT2D eigenvalue weighted by Crippen LogP contribution is 2.03. The molecule has 0 bridgehead atoms. The fourth-order valence-corrected chi connectivity index (χ4v) is 1.82. The molecule has 0 unspecified atom stereocenters. The summed E-state index contributed by atoms with van der Waals surface area (Å²) in [5.41, 5.74) is 2.90. The van der Waals surface area contributed by atoms with Crippen molar-refractivity contribution in [1.82, 2.24) is 10.6 Å². The van der Waals surface area contributed by atoms with E-state index in [1.807, 2.05) is 30.3 Å². The Kier molecular flexibility index (Phi) is 4.61. The van der Waals surface area contributed by atoms with E-state index in [1.165, 1.54) is 5.17 Å². The summed E-state index contributed by atoms with van der Waals surface area (Å²) in [6.07, 6.45) is 8.56. The van der Waals surface area contributed by atoms with Crippen LogP contribution >= 0.6 is 0 Å². The maximum atomic E-state index is 11.6. The average molecular weight is 258 g/mol. The third kappa shape index (κ3) is 3.88. The molecule has 4 nitrogen and oxygen atoms in total. The molecule has 0 fully saturated rings. The van der Waals surface area contributed by atoms with Gasteiger partial charge in [0, 0.05) is 23.1 Å². The van der Waals surface area contributed by atoms with Crippen LogP contribution in [0.2, 0.25) is 0 Å². The zero-order chi connectivity index (χ0) is 13.5. The lowest BCUT2D eigenvalue weighted by molar-refractivity contribution is -0.180. The van der Waals surface area contributed by atoms with Gasteiger partial charge in [0.15, 0.2) is 0 Å². The lowest BCUT2D eigenvalue weighted by atomic mass is 10.2. The topological polar surface area (TPSA) is 41.6 Å². The quantitative estimate of drug-likeness (QED) is 0.615. The van der Waals surface area contributed by atoms with Crippen molar-refractivity contribution in [2.75, 3.05) is 0 Å². The number of allylic oxidation sites excluding steroid dienone is 1. The van der Waals surface area contributed by atoms with Gasteiger partial charge in [-0.05, 0) is 19.3 Å². The smallest absolute Gasteiger partial charge is 0.321 e. The zero-order valence-corrected chi connectivity index (χ0v) is 10.8. The Morgan fingerprint density at radius 1 is 1.32 bits per heavy atom. The lowest BCUT2D eigenvalue weighted by Gasteiger charge is -2.20. The van der Waals surface area contributed by atoms with E-state index in [0.29, 0.717) is 6.42 Å². The average Bonchev–Trinajstić information content (AvgIpc) is 2.43. The Labute approximate surface area is 112 Å². The number of carbonyl (C=O) groups excluding carboxylic acids is 1. The molecule has 0 spiro atoms. The van der Waals surface area contributed by atoms with Crippen LogP contribution in [0.4, 0.5) is 0 Å². The predicted molar refractivity (Wildman–Crippen MR) is 74.4 cm³/mol. The van der Waals surface area contributed by atoms with E-state index in [0.717, 1.165) is 29.7 Å². The monoisotopic (exact) mass is 258 g/mol. The minimum Gasteiger partial charge on any atom is -0.321 e. The first-order valence-corrected chi connectivity index (χ1v) is 6.44. The van der Waals surface area contributed by atoms with Crippen LogP contribution in [0.15, 0.2) is 36.9 Å². The zero-order valence-electron chi connectivity index (χ0n) is 10.8. The first kappa shape index (κ1) is 13.2. The molecule has 1 aliphatic rings. The van der Waals surface area contributed by atoms with Gasteiger partial charge in [0.05, 0.1) is 6.20 Å². The molecule has 1 aliphatic heterocycles. The van der Waals surface area contributed by atoms with E-state index < -0.39 is 0 Å². The number of hydrogen-bond donors (Lipinski definition) is 1. The van der Waals surface area contributed by atoms with Crippen LogP contribution in [0.25, 0.3) is 12.4 Å². The molecule has 4 heteroatoms. The number of benzene rings is 1. The molecule has 19 heavy (non-hydrogen) atoms. The molecule has 1 heterocycles. The van der Waals surface area contributed by atoms with Crippen molar-refractivity contribution >= 4 is 18.4 Å². The predicted octanol–water partition coefficient (Wildman–Crippen LogP) is 1.19. The van der Waals surface area contributed by atoms with Crippen LogP contribution in [0.3, 0.4) is 0 Å². The minimum atomic E-state index is -0.236. The lowest BCUT2D eigenvalue weighted by Crippen LogP contribution is -2.42. The Balaban J connectivity index is 1.86. The number of fused-ring (bicyclic) bond motifs is 1. The molecule has 1 aromatic carbocycles. The van der Waals surface area contributed by atoms with E-state index in [9.17, 15) is 4.79 Å². The van der Waals surface area contributed by atoms with E-state index >= 15 is 0 Å². The maximum absolute atomic E-state index is 11.6. The Bertz CT molecular complexity index is 566. The van der Waals surface area contributed by atoms with Crippen LogP contribution in [0.1, 0.15) is 25.7 Å². The Hall–Kier alpha value is -2.23. The van der Waals surface area contributed by atoms with Gasteiger partial charge in [-0.15, -0.1) is 11.8 Å². The van der Waals surface area contributed by atoms with Crippen LogP contribution in [-0.2, 0) is 9.63 Å². The standard InChI is InChI=1S/C15H18N2O2/c1-2-3-4-5-10-15(18)19-17-12-14-9-7-6-8-13(14)11-16-17/h2,6-9,11-12,16H,1,3-5,10H2. The van der Waals surface area contributed by atoms with Gasteiger partial charge >= 0.3 is 5.97 Å². The molecule has 0 aromatic heterocycles.